The van der Waals surface area contributed by atoms with E-state index in [0.717, 1.165) is 5.56 Å². The fourth-order valence-electron chi connectivity index (χ4n) is 3.96. The van der Waals surface area contributed by atoms with Gasteiger partial charge in [0.25, 0.3) is 0 Å². The van der Waals surface area contributed by atoms with Crippen molar-refractivity contribution in [1.82, 2.24) is 19.6 Å². The van der Waals surface area contributed by atoms with Gasteiger partial charge in [-0.25, -0.2) is 0 Å². The van der Waals surface area contributed by atoms with Gasteiger partial charge in [0, 0.05) is 45.4 Å². The van der Waals surface area contributed by atoms with Crippen molar-refractivity contribution < 1.29 is 19.5 Å². The lowest BCUT2D eigenvalue weighted by Crippen LogP contribution is -2.50. The molecule has 8 nitrogen and oxygen atoms in total. The van der Waals surface area contributed by atoms with E-state index in [1.54, 1.807) is 34.8 Å². The predicted molar refractivity (Wildman–Crippen MR) is 88.4 cm³/mol. The Balaban J connectivity index is 1.83. The van der Waals surface area contributed by atoms with Crippen LogP contribution in [0.15, 0.2) is 12.4 Å². The van der Waals surface area contributed by atoms with Crippen LogP contribution in [0.2, 0.25) is 0 Å². The van der Waals surface area contributed by atoms with Gasteiger partial charge in [0.05, 0.1) is 24.1 Å². The fourth-order valence-corrected chi connectivity index (χ4v) is 3.96. The van der Waals surface area contributed by atoms with Crippen LogP contribution >= 0.6 is 0 Å². The molecule has 2 amide bonds. The van der Waals surface area contributed by atoms with E-state index in [2.05, 4.69) is 5.10 Å². The molecule has 0 aromatic carbocycles. The lowest BCUT2D eigenvalue weighted by atomic mass is 9.84. The number of aryl methyl sites for hydroxylation is 1. The summed E-state index contributed by atoms with van der Waals surface area (Å²) in [6.45, 7) is 0.832. The van der Waals surface area contributed by atoms with Gasteiger partial charge in [-0.1, -0.05) is 0 Å². The second kappa shape index (κ2) is 6.85. The summed E-state index contributed by atoms with van der Waals surface area (Å²) in [5, 5.41) is 13.4. The Labute approximate surface area is 146 Å². The van der Waals surface area contributed by atoms with Gasteiger partial charge < -0.3 is 14.9 Å². The van der Waals surface area contributed by atoms with Crippen LogP contribution in [0.4, 0.5) is 0 Å². The molecule has 136 valence electrons. The Kier molecular flexibility index (Phi) is 4.78. The molecule has 3 heterocycles. The third-order valence-electron chi connectivity index (χ3n) is 5.33. The highest BCUT2D eigenvalue weighted by Crippen LogP contribution is 2.37. The van der Waals surface area contributed by atoms with Crippen molar-refractivity contribution in [3.8, 4) is 0 Å². The van der Waals surface area contributed by atoms with Crippen molar-refractivity contribution in [1.29, 1.82) is 0 Å². The summed E-state index contributed by atoms with van der Waals surface area (Å²) in [6, 6.07) is -0.354. The first-order valence-electron chi connectivity index (χ1n) is 8.64. The van der Waals surface area contributed by atoms with Gasteiger partial charge in [0.15, 0.2) is 0 Å². The minimum atomic E-state index is -0.850. The molecule has 1 aromatic rings. The summed E-state index contributed by atoms with van der Waals surface area (Å²) in [5.74, 6) is -1.76. The number of hydrogen-bond acceptors (Lipinski definition) is 4. The number of carbonyl (C=O) groups is 3. The normalized spacial score (nSPS) is 27.4. The molecule has 1 aromatic heterocycles. The molecule has 0 bridgehead atoms. The van der Waals surface area contributed by atoms with Gasteiger partial charge in [-0.2, -0.15) is 5.10 Å². The van der Waals surface area contributed by atoms with Gasteiger partial charge in [-0.15, -0.1) is 0 Å². The summed E-state index contributed by atoms with van der Waals surface area (Å²) in [7, 11) is 3.52. The minimum absolute atomic E-state index is 0.0139. The third-order valence-corrected chi connectivity index (χ3v) is 5.33. The van der Waals surface area contributed by atoms with E-state index < -0.39 is 11.9 Å². The molecule has 25 heavy (non-hydrogen) atoms. The molecule has 3 rings (SSSR count). The number of carbonyl (C=O) groups excluding carboxylic acids is 2. The van der Waals surface area contributed by atoms with Crippen LogP contribution in [0.5, 0.6) is 0 Å². The molecule has 8 heteroatoms. The summed E-state index contributed by atoms with van der Waals surface area (Å²) in [4.78, 5) is 39.9. The maximum Gasteiger partial charge on any atom is 0.308 e. The zero-order valence-electron chi connectivity index (χ0n) is 14.6. The molecule has 2 fully saturated rings. The number of rotatable bonds is 3. The summed E-state index contributed by atoms with van der Waals surface area (Å²) >= 11 is 0. The van der Waals surface area contributed by atoms with Crippen molar-refractivity contribution in [3.63, 3.8) is 0 Å². The van der Waals surface area contributed by atoms with Crippen LogP contribution in [0.3, 0.4) is 0 Å². The highest BCUT2D eigenvalue weighted by Gasteiger charge is 2.42. The standard InChI is InChI=1S/C17H24N4O4/c1-19-9-12(8-18-19)15-13(5-6-14(22)20(15)2)16(23)21-7-3-4-11(10-21)17(24)25/h8-9,11,13,15H,3-7,10H2,1-2H3,(H,24,25)/t11-,13?,15?/m0/s1. The van der Waals surface area contributed by atoms with Gasteiger partial charge in [0.2, 0.25) is 11.8 Å². The Hall–Kier alpha value is -2.38. The predicted octanol–water partition coefficient (Wildman–Crippen LogP) is 0.653. The van der Waals surface area contributed by atoms with E-state index in [4.69, 9.17) is 0 Å². The Bertz CT molecular complexity index is 686. The summed E-state index contributed by atoms with van der Waals surface area (Å²) in [5.41, 5.74) is 0.836. The van der Waals surface area contributed by atoms with Gasteiger partial charge in [-0.05, 0) is 19.3 Å². The van der Waals surface area contributed by atoms with Crippen LogP contribution < -0.4 is 0 Å². The molecule has 2 saturated heterocycles. The van der Waals surface area contributed by atoms with E-state index in [1.165, 1.54) is 0 Å². The lowest BCUT2D eigenvalue weighted by Gasteiger charge is -2.41. The topological polar surface area (TPSA) is 95.7 Å². The maximum absolute atomic E-state index is 13.1. The molecular formula is C17H24N4O4. The van der Waals surface area contributed by atoms with Crippen molar-refractivity contribution in [2.24, 2.45) is 18.9 Å². The molecular weight excluding hydrogens is 324 g/mol. The number of hydrogen-bond donors (Lipinski definition) is 1. The average Bonchev–Trinajstić information content (AvgIpc) is 3.02. The highest BCUT2D eigenvalue weighted by molar-refractivity contribution is 5.85. The molecule has 0 aliphatic carbocycles. The largest absolute Gasteiger partial charge is 0.481 e. The van der Waals surface area contributed by atoms with E-state index in [9.17, 15) is 19.5 Å². The zero-order valence-corrected chi connectivity index (χ0v) is 14.6. The third kappa shape index (κ3) is 3.38. The number of amides is 2. The minimum Gasteiger partial charge on any atom is -0.481 e. The second-order valence-corrected chi connectivity index (χ2v) is 7.00. The fraction of sp³-hybridized carbons (Fsp3) is 0.647. The van der Waals surface area contributed by atoms with Gasteiger partial charge >= 0.3 is 5.97 Å². The molecule has 0 saturated carbocycles. The molecule has 2 unspecified atom stereocenters. The first-order valence-corrected chi connectivity index (χ1v) is 8.64. The van der Waals surface area contributed by atoms with Crippen LogP contribution in [0, 0.1) is 11.8 Å². The zero-order chi connectivity index (χ0) is 18.1. The van der Waals surface area contributed by atoms with E-state index in [-0.39, 0.29) is 30.3 Å². The number of carboxylic acid groups (broad SMARTS) is 1. The second-order valence-electron chi connectivity index (χ2n) is 7.00. The van der Waals surface area contributed by atoms with E-state index >= 15 is 0 Å². The first-order chi connectivity index (χ1) is 11.9. The molecule has 3 atom stereocenters. The Morgan fingerprint density at radius 1 is 1.28 bits per heavy atom. The highest BCUT2D eigenvalue weighted by atomic mass is 16.4. The van der Waals surface area contributed by atoms with Crippen molar-refractivity contribution in [3.05, 3.63) is 18.0 Å². The van der Waals surface area contributed by atoms with Crippen LogP contribution in [-0.2, 0) is 21.4 Å². The van der Waals surface area contributed by atoms with Crippen molar-refractivity contribution in [2.45, 2.75) is 31.7 Å². The van der Waals surface area contributed by atoms with Crippen molar-refractivity contribution >= 4 is 17.8 Å². The number of aliphatic carboxylic acids is 1. The SMILES string of the molecule is CN1C(=O)CCC(C(=O)N2CCC[C@H](C(=O)O)C2)C1c1cnn(C)c1. The quantitative estimate of drug-likeness (QED) is 0.865. The van der Waals surface area contributed by atoms with Crippen LogP contribution in [0.25, 0.3) is 0 Å². The van der Waals surface area contributed by atoms with E-state index in [0.29, 0.717) is 32.2 Å². The van der Waals surface area contributed by atoms with Gasteiger partial charge in [-0.3, -0.25) is 19.1 Å². The average molecular weight is 348 g/mol. The number of piperidine rings is 2. The monoisotopic (exact) mass is 348 g/mol. The smallest absolute Gasteiger partial charge is 0.308 e. The van der Waals surface area contributed by atoms with E-state index in [1.807, 2.05) is 6.20 Å². The van der Waals surface area contributed by atoms with Gasteiger partial charge in [0.1, 0.15) is 0 Å². The van der Waals surface area contributed by atoms with Crippen molar-refractivity contribution in [2.75, 3.05) is 20.1 Å². The first kappa shape index (κ1) is 17.4. The summed E-state index contributed by atoms with van der Waals surface area (Å²) in [6.07, 6.45) is 5.64. The molecule has 0 spiro atoms. The Morgan fingerprint density at radius 2 is 2.04 bits per heavy atom. The Morgan fingerprint density at radius 3 is 2.68 bits per heavy atom. The summed E-state index contributed by atoms with van der Waals surface area (Å²) < 4.78 is 1.66. The number of nitrogens with zero attached hydrogens (tertiary/aromatic N) is 4. The van der Waals surface area contributed by atoms with Crippen LogP contribution in [0.1, 0.15) is 37.3 Å². The van der Waals surface area contributed by atoms with Crippen LogP contribution in [-0.4, -0.2) is 62.6 Å². The lowest BCUT2D eigenvalue weighted by molar-refractivity contribution is -0.150. The number of aromatic nitrogens is 2. The molecule has 0 radical (unpaired) electrons. The number of likely N-dealkylation sites (tertiary alicyclic amines) is 2. The number of carboxylic acids is 1. The molecule has 1 N–H and O–H groups in total. The molecule has 2 aliphatic heterocycles. The maximum atomic E-state index is 13.1. The molecule has 2 aliphatic rings.